The van der Waals surface area contributed by atoms with Gasteiger partial charge in [0.25, 0.3) is 0 Å². The normalized spacial score (nSPS) is 11.1. The minimum atomic E-state index is 0. The lowest BCUT2D eigenvalue weighted by Crippen LogP contribution is -1.80. The van der Waals surface area contributed by atoms with E-state index < -0.39 is 0 Å². The fraction of sp³-hybridized carbons (Fsp3) is 0. The summed E-state index contributed by atoms with van der Waals surface area (Å²) in [5.41, 5.74) is 0. The highest BCUT2D eigenvalue weighted by atomic mass is 16.0. The Hall–Kier alpha value is -2.90. The second kappa shape index (κ2) is 5.08. The molecule has 23 heavy (non-hydrogen) atoms. The number of hydrogen-bond donors (Lipinski definition) is 0. The summed E-state index contributed by atoms with van der Waals surface area (Å²) in [7, 11) is 0. The Labute approximate surface area is 134 Å². The summed E-state index contributed by atoms with van der Waals surface area (Å²) in [5, 5.41) is 10.4. The minimum Gasteiger partial charge on any atom is -0.412 e. The van der Waals surface area contributed by atoms with Gasteiger partial charge in [-0.2, -0.15) is 0 Å². The molecule has 0 radical (unpaired) electrons. The van der Waals surface area contributed by atoms with Crippen LogP contribution >= 0.6 is 0 Å². The largest absolute Gasteiger partial charge is 0.412 e. The summed E-state index contributed by atoms with van der Waals surface area (Å²) >= 11 is 0. The van der Waals surface area contributed by atoms with Gasteiger partial charge in [-0.3, -0.25) is 0 Å². The molecule has 5 aromatic carbocycles. The van der Waals surface area contributed by atoms with E-state index in [-0.39, 0.29) is 5.48 Å². The molecule has 5 rings (SSSR count). The minimum absolute atomic E-state index is 0. The van der Waals surface area contributed by atoms with Gasteiger partial charge in [0.2, 0.25) is 0 Å². The van der Waals surface area contributed by atoms with Crippen molar-refractivity contribution in [2.45, 2.75) is 0 Å². The zero-order valence-electron chi connectivity index (χ0n) is 12.6. The van der Waals surface area contributed by atoms with Crippen LogP contribution in [-0.2, 0) is 0 Å². The molecule has 0 aliphatic rings. The van der Waals surface area contributed by atoms with Crippen LogP contribution in [0.25, 0.3) is 43.1 Å². The van der Waals surface area contributed by atoms with Crippen LogP contribution in [0.3, 0.4) is 0 Å². The van der Waals surface area contributed by atoms with E-state index >= 15 is 0 Å². The number of rotatable bonds is 0. The Morgan fingerprint density at radius 3 is 0.783 bits per heavy atom. The molecule has 0 atom stereocenters. The quantitative estimate of drug-likeness (QED) is 0.339. The van der Waals surface area contributed by atoms with E-state index in [1.807, 2.05) is 0 Å². The summed E-state index contributed by atoms with van der Waals surface area (Å²) < 4.78 is 0. The van der Waals surface area contributed by atoms with Crippen molar-refractivity contribution in [2.75, 3.05) is 0 Å². The lowest BCUT2D eigenvalue weighted by Gasteiger charge is -2.07. The summed E-state index contributed by atoms with van der Waals surface area (Å²) in [4.78, 5) is 0. The molecule has 0 amide bonds. The van der Waals surface area contributed by atoms with E-state index in [0.29, 0.717) is 0 Å². The van der Waals surface area contributed by atoms with Gasteiger partial charge in [-0.05, 0) is 79.5 Å². The molecular formula is C22H16O. The Kier molecular flexibility index (Phi) is 3.03. The first-order valence-corrected chi connectivity index (χ1v) is 7.62. The first kappa shape index (κ1) is 13.7. The Morgan fingerprint density at radius 1 is 0.304 bits per heavy atom. The number of fused-ring (bicyclic) bond motifs is 4. The van der Waals surface area contributed by atoms with E-state index in [0.717, 1.165) is 0 Å². The monoisotopic (exact) mass is 296 g/mol. The van der Waals surface area contributed by atoms with Gasteiger partial charge in [0, 0.05) is 0 Å². The maximum Gasteiger partial charge on any atom is -0.0171 e. The lowest BCUT2D eigenvalue weighted by molar-refractivity contribution is 0.824. The molecule has 0 spiro atoms. The van der Waals surface area contributed by atoms with Crippen LogP contribution < -0.4 is 0 Å². The van der Waals surface area contributed by atoms with Gasteiger partial charge >= 0.3 is 0 Å². The van der Waals surface area contributed by atoms with Gasteiger partial charge in [-0.1, -0.05) is 48.5 Å². The predicted molar refractivity (Wildman–Crippen MR) is 100 cm³/mol. The number of hydrogen-bond acceptors (Lipinski definition) is 0. The van der Waals surface area contributed by atoms with Gasteiger partial charge in [-0.15, -0.1) is 0 Å². The maximum absolute atomic E-state index is 2.31. The van der Waals surface area contributed by atoms with Gasteiger partial charge in [0.05, 0.1) is 0 Å². The molecule has 0 unspecified atom stereocenters. The Morgan fingerprint density at radius 2 is 0.522 bits per heavy atom. The van der Waals surface area contributed by atoms with Crippen LogP contribution in [0, 0.1) is 0 Å². The van der Waals surface area contributed by atoms with Crippen molar-refractivity contribution < 1.29 is 5.48 Å². The molecule has 0 bridgehead atoms. The molecule has 1 nitrogen and oxygen atoms in total. The molecule has 5 aromatic rings. The Bertz CT molecular complexity index is 988. The first-order valence-electron chi connectivity index (χ1n) is 7.62. The van der Waals surface area contributed by atoms with Crippen LogP contribution in [0.15, 0.2) is 84.9 Å². The molecule has 0 saturated carbocycles. The van der Waals surface area contributed by atoms with Crippen LogP contribution in [0.2, 0.25) is 0 Å². The van der Waals surface area contributed by atoms with E-state index in [2.05, 4.69) is 84.9 Å². The van der Waals surface area contributed by atoms with E-state index in [9.17, 15) is 0 Å². The summed E-state index contributed by atoms with van der Waals surface area (Å²) in [5.74, 6) is 0. The molecule has 0 aliphatic carbocycles. The fourth-order valence-electron chi connectivity index (χ4n) is 3.39. The van der Waals surface area contributed by atoms with Crippen molar-refractivity contribution in [3.63, 3.8) is 0 Å². The predicted octanol–water partition coefficient (Wildman–Crippen LogP) is 5.47. The lowest BCUT2D eigenvalue weighted by atomic mass is 9.97. The smallest absolute Gasteiger partial charge is 0.0171 e. The highest BCUT2D eigenvalue weighted by molar-refractivity contribution is 6.08. The SMILES string of the molecule is O.c1ccc2cc3cc4cc5ccccc5cc4cc3cc2c1. The molecule has 0 fully saturated rings. The summed E-state index contributed by atoms with van der Waals surface area (Å²) in [6, 6.07) is 30.9. The average Bonchev–Trinajstić information content (AvgIpc) is 2.56. The third kappa shape index (κ3) is 2.14. The summed E-state index contributed by atoms with van der Waals surface area (Å²) in [6.07, 6.45) is 0. The second-order valence-corrected chi connectivity index (χ2v) is 5.95. The van der Waals surface area contributed by atoms with Crippen LogP contribution in [-0.4, -0.2) is 5.48 Å². The van der Waals surface area contributed by atoms with Crippen molar-refractivity contribution in [3.05, 3.63) is 84.9 Å². The molecule has 0 aliphatic heterocycles. The van der Waals surface area contributed by atoms with Crippen molar-refractivity contribution in [2.24, 2.45) is 0 Å². The van der Waals surface area contributed by atoms with Crippen LogP contribution in [0.5, 0.6) is 0 Å². The average molecular weight is 296 g/mol. The molecular weight excluding hydrogens is 280 g/mol. The highest BCUT2D eigenvalue weighted by Gasteiger charge is 2.02. The second-order valence-electron chi connectivity index (χ2n) is 5.95. The van der Waals surface area contributed by atoms with E-state index in [1.165, 1.54) is 43.1 Å². The van der Waals surface area contributed by atoms with E-state index in [1.54, 1.807) is 0 Å². The molecule has 110 valence electrons. The standard InChI is InChI=1S/C22H14.H2O/c1-2-6-16-10-20-14-22-12-18-8-4-3-7-17(18)11-21(22)13-19(20)9-15(16)5-1;/h1-14H;1H2. The van der Waals surface area contributed by atoms with Crippen molar-refractivity contribution in [1.29, 1.82) is 0 Å². The first-order chi connectivity index (χ1) is 10.9. The third-order valence-electron chi connectivity index (χ3n) is 4.52. The van der Waals surface area contributed by atoms with Crippen LogP contribution in [0.4, 0.5) is 0 Å². The molecule has 0 heterocycles. The van der Waals surface area contributed by atoms with Gasteiger partial charge in [0.1, 0.15) is 0 Å². The van der Waals surface area contributed by atoms with Crippen LogP contribution in [0.1, 0.15) is 0 Å². The van der Waals surface area contributed by atoms with Gasteiger partial charge in [0.15, 0.2) is 0 Å². The van der Waals surface area contributed by atoms with Gasteiger partial charge < -0.3 is 5.48 Å². The third-order valence-corrected chi connectivity index (χ3v) is 4.52. The fourth-order valence-corrected chi connectivity index (χ4v) is 3.39. The zero-order valence-corrected chi connectivity index (χ0v) is 12.6. The molecule has 0 aromatic heterocycles. The molecule has 2 N–H and O–H groups in total. The zero-order chi connectivity index (χ0) is 14.5. The van der Waals surface area contributed by atoms with Crippen molar-refractivity contribution >= 4 is 43.1 Å². The van der Waals surface area contributed by atoms with Crippen molar-refractivity contribution in [3.8, 4) is 0 Å². The summed E-state index contributed by atoms with van der Waals surface area (Å²) in [6.45, 7) is 0. The van der Waals surface area contributed by atoms with E-state index in [4.69, 9.17) is 0 Å². The molecule has 0 saturated heterocycles. The highest BCUT2D eigenvalue weighted by Crippen LogP contribution is 2.29. The Balaban J connectivity index is 0.00000135. The van der Waals surface area contributed by atoms with Gasteiger partial charge in [-0.25, -0.2) is 0 Å². The van der Waals surface area contributed by atoms with Crippen molar-refractivity contribution in [1.82, 2.24) is 0 Å². The maximum atomic E-state index is 2.31. The topological polar surface area (TPSA) is 31.5 Å². The molecule has 1 heteroatoms. The number of benzene rings is 5.